The molecule has 6 nitrogen and oxygen atoms in total. The fourth-order valence-corrected chi connectivity index (χ4v) is 4.28. The lowest BCUT2D eigenvalue weighted by atomic mass is 9.95. The Kier molecular flexibility index (Phi) is 5.76. The fourth-order valence-electron chi connectivity index (χ4n) is 4.28. The van der Waals surface area contributed by atoms with Gasteiger partial charge in [-0.1, -0.05) is 0 Å². The van der Waals surface area contributed by atoms with Crippen molar-refractivity contribution in [2.75, 3.05) is 45.8 Å². The van der Waals surface area contributed by atoms with E-state index in [1.165, 1.54) is 0 Å². The minimum atomic E-state index is 0.121. The Morgan fingerprint density at radius 2 is 1.50 bits per heavy atom. The van der Waals surface area contributed by atoms with Crippen LogP contribution in [-0.4, -0.2) is 84.5 Å². The standard InChI is InChI=1S/C18H31N3O3/c1-14-11-19(12-15(2)24-14)13-17(22)20-9-5-16(6-10-20)18(23)21-7-3-4-8-21/h14-16H,3-13H2,1-2H3. The van der Waals surface area contributed by atoms with Crippen molar-refractivity contribution in [2.24, 2.45) is 5.92 Å². The second-order valence-corrected chi connectivity index (χ2v) is 7.64. The van der Waals surface area contributed by atoms with E-state index in [0.717, 1.165) is 65.0 Å². The lowest BCUT2D eigenvalue weighted by molar-refractivity contribution is -0.142. The summed E-state index contributed by atoms with van der Waals surface area (Å²) in [5.41, 5.74) is 0. The summed E-state index contributed by atoms with van der Waals surface area (Å²) < 4.78 is 5.72. The average molecular weight is 337 g/mol. The molecule has 3 saturated heterocycles. The molecule has 3 fully saturated rings. The third-order valence-electron chi connectivity index (χ3n) is 5.47. The highest BCUT2D eigenvalue weighted by molar-refractivity contribution is 5.81. The summed E-state index contributed by atoms with van der Waals surface area (Å²) in [5.74, 6) is 0.634. The number of carbonyl (C=O) groups is 2. The van der Waals surface area contributed by atoms with Crippen LogP contribution in [0.3, 0.4) is 0 Å². The third kappa shape index (κ3) is 4.28. The normalized spacial score (nSPS) is 29.9. The van der Waals surface area contributed by atoms with E-state index < -0.39 is 0 Å². The Hall–Kier alpha value is -1.14. The maximum absolute atomic E-state index is 12.6. The molecular formula is C18H31N3O3. The smallest absolute Gasteiger partial charge is 0.236 e. The van der Waals surface area contributed by atoms with Crippen LogP contribution in [-0.2, 0) is 14.3 Å². The Bertz CT molecular complexity index is 446. The Labute approximate surface area is 145 Å². The number of hydrogen-bond acceptors (Lipinski definition) is 4. The van der Waals surface area contributed by atoms with Gasteiger partial charge < -0.3 is 14.5 Å². The van der Waals surface area contributed by atoms with Gasteiger partial charge in [0, 0.05) is 45.2 Å². The van der Waals surface area contributed by atoms with Gasteiger partial charge in [-0.2, -0.15) is 0 Å². The summed E-state index contributed by atoms with van der Waals surface area (Å²) in [7, 11) is 0. The summed E-state index contributed by atoms with van der Waals surface area (Å²) in [6.07, 6.45) is 4.28. The summed E-state index contributed by atoms with van der Waals surface area (Å²) in [4.78, 5) is 31.2. The maximum atomic E-state index is 12.6. The first kappa shape index (κ1) is 17.7. The number of morpholine rings is 1. The van der Waals surface area contributed by atoms with Gasteiger partial charge >= 0.3 is 0 Å². The minimum absolute atomic E-state index is 0.121. The average Bonchev–Trinajstić information content (AvgIpc) is 3.07. The first-order valence-electron chi connectivity index (χ1n) is 9.47. The molecular weight excluding hydrogens is 306 g/mol. The van der Waals surface area contributed by atoms with Crippen molar-refractivity contribution in [3.8, 4) is 0 Å². The summed E-state index contributed by atoms with van der Waals surface area (Å²) >= 11 is 0. The largest absolute Gasteiger partial charge is 0.373 e. The van der Waals surface area contributed by atoms with E-state index in [1.54, 1.807) is 0 Å². The van der Waals surface area contributed by atoms with E-state index in [0.29, 0.717) is 12.5 Å². The van der Waals surface area contributed by atoms with Crippen LogP contribution >= 0.6 is 0 Å². The minimum Gasteiger partial charge on any atom is -0.373 e. The number of rotatable bonds is 3. The molecule has 2 unspecified atom stereocenters. The molecule has 24 heavy (non-hydrogen) atoms. The zero-order valence-electron chi connectivity index (χ0n) is 15.1. The molecule has 6 heteroatoms. The van der Waals surface area contributed by atoms with Gasteiger partial charge in [-0.05, 0) is 39.5 Å². The molecule has 3 heterocycles. The quantitative estimate of drug-likeness (QED) is 0.770. The van der Waals surface area contributed by atoms with Crippen LogP contribution in [0.2, 0.25) is 0 Å². The number of ether oxygens (including phenoxy) is 1. The lowest BCUT2D eigenvalue weighted by Crippen LogP contribution is -2.51. The molecule has 3 rings (SSSR count). The molecule has 0 spiro atoms. The molecule has 0 aromatic carbocycles. The van der Waals surface area contributed by atoms with Crippen molar-refractivity contribution in [3.05, 3.63) is 0 Å². The Morgan fingerprint density at radius 3 is 2.08 bits per heavy atom. The molecule has 0 bridgehead atoms. The fraction of sp³-hybridized carbons (Fsp3) is 0.889. The van der Waals surface area contributed by atoms with Gasteiger partial charge in [0.05, 0.1) is 18.8 Å². The van der Waals surface area contributed by atoms with Gasteiger partial charge in [0.25, 0.3) is 0 Å². The predicted molar refractivity (Wildman–Crippen MR) is 91.6 cm³/mol. The van der Waals surface area contributed by atoms with Crippen LogP contribution in [0.5, 0.6) is 0 Å². The predicted octanol–water partition coefficient (Wildman–Crippen LogP) is 0.957. The highest BCUT2D eigenvalue weighted by atomic mass is 16.5. The number of piperidine rings is 1. The molecule has 3 aliphatic rings. The number of carbonyl (C=O) groups excluding carboxylic acids is 2. The van der Waals surface area contributed by atoms with E-state index in [-0.39, 0.29) is 24.0 Å². The van der Waals surface area contributed by atoms with Crippen molar-refractivity contribution in [1.82, 2.24) is 14.7 Å². The molecule has 136 valence electrons. The molecule has 0 radical (unpaired) electrons. The van der Waals surface area contributed by atoms with Crippen molar-refractivity contribution in [2.45, 2.75) is 51.7 Å². The highest BCUT2D eigenvalue weighted by Gasteiger charge is 2.32. The second kappa shape index (κ2) is 7.83. The molecule has 0 N–H and O–H groups in total. The number of hydrogen-bond donors (Lipinski definition) is 0. The van der Waals surface area contributed by atoms with Crippen molar-refractivity contribution < 1.29 is 14.3 Å². The molecule has 0 aliphatic carbocycles. The topological polar surface area (TPSA) is 53.1 Å². The summed E-state index contributed by atoms with van der Waals surface area (Å²) in [6, 6.07) is 0. The summed E-state index contributed by atoms with van der Waals surface area (Å²) in [5, 5.41) is 0. The Balaban J connectivity index is 1.44. The van der Waals surface area contributed by atoms with Gasteiger partial charge in [-0.25, -0.2) is 0 Å². The van der Waals surface area contributed by atoms with Gasteiger partial charge in [0.2, 0.25) is 11.8 Å². The van der Waals surface area contributed by atoms with E-state index >= 15 is 0 Å². The number of likely N-dealkylation sites (tertiary alicyclic amines) is 2. The summed E-state index contributed by atoms with van der Waals surface area (Å²) in [6.45, 7) is 9.52. The SMILES string of the molecule is CC1CN(CC(=O)N2CCC(C(=O)N3CCCC3)CC2)CC(C)O1. The number of nitrogens with zero attached hydrogens (tertiary/aromatic N) is 3. The highest BCUT2D eigenvalue weighted by Crippen LogP contribution is 2.22. The van der Waals surface area contributed by atoms with Crippen molar-refractivity contribution >= 4 is 11.8 Å². The third-order valence-corrected chi connectivity index (χ3v) is 5.47. The second-order valence-electron chi connectivity index (χ2n) is 7.64. The van der Waals surface area contributed by atoms with Crippen LogP contribution in [0.25, 0.3) is 0 Å². The first-order valence-corrected chi connectivity index (χ1v) is 9.47. The van der Waals surface area contributed by atoms with E-state index in [1.807, 2.05) is 9.80 Å². The van der Waals surface area contributed by atoms with Gasteiger partial charge in [-0.15, -0.1) is 0 Å². The molecule has 0 saturated carbocycles. The van der Waals surface area contributed by atoms with Crippen LogP contribution < -0.4 is 0 Å². The van der Waals surface area contributed by atoms with Crippen molar-refractivity contribution in [1.29, 1.82) is 0 Å². The maximum Gasteiger partial charge on any atom is 0.236 e. The molecule has 2 amide bonds. The molecule has 3 aliphatic heterocycles. The van der Waals surface area contributed by atoms with Gasteiger partial charge in [-0.3, -0.25) is 14.5 Å². The lowest BCUT2D eigenvalue weighted by Gasteiger charge is -2.37. The molecule has 0 aromatic rings. The zero-order chi connectivity index (χ0) is 17.1. The van der Waals surface area contributed by atoms with Crippen LogP contribution in [0.15, 0.2) is 0 Å². The van der Waals surface area contributed by atoms with E-state index in [4.69, 9.17) is 4.74 Å². The van der Waals surface area contributed by atoms with Gasteiger partial charge in [0.15, 0.2) is 0 Å². The van der Waals surface area contributed by atoms with Crippen LogP contribution in [0.1, 0.15) is 39.5 Å². The molecule has 2 atom stereocenters. The van der Waals surface area contributed by atoms with E-state index in [2.05, 4.69) is 18.7 Å². The first-order chi connectivity index (χ1) is 11.5. The van der Waals surface area contributed by atoms with Gasteiger partial charge in [0.1, 0.15) is 0 Å². The zero-order valence-corrected chi connectivity index (χ0v) is 15.1. The molecule has 0 aromatic heterocycles. The van der Waals surface area contributed by atoms with Crippen molar-refractivity contribution in [3.63, 3.8) is 0 Å². The Morgan fingerprint density at radius 1 is 0.917 bits per heavy atom. The van der Waals surface area contributed by atoms with Crippen LogP contribution in [0.4, 0.5) is 0 Å². The van der Waals surface area contributed by atoms with Crippen LogP contribution in [0, 0.1) is 5.92 Å². The monoisotopic (exact) mass is 337 g/mol. The number of amides is 2. The van der Waals surface area contributed by atoms with E-state index in [9.17, 15) is 9.59 Å².